The number of aliphatic hydroxyl groups excluding tert-OH is 2. The van der Waals surface area contributed by atoms with E-state index in [0.717, 1.165) is 12.1 Å². The van der Waals surface area contributed by atoms with Crippen molar-refractivity contribution < 1.29 is 37.3 Å². The second-order valence-electron chi connectivity index (χ2n) is 7.88. The summed E-state index contributed by atoms with van der Waals surface area (Å²) in [4.78, 5) is 12.1. The van der Waals surface area contributed by atoms with Gasteiger partial charge in [-0.05, 0) is 23.9 Å². The van der Waals surface area contributed by atoms with Gasteiger partial charge in [0.05, 0.1) is 25.6 Å². The van der Waals surface area contributed by atoms with Gasteiger partial charge in [-0.25, -0.2) is 23.7 Å². The Hall–Kier alpha value is -1.87. The second-order valence-corrected chi connectivity index (χ2v) is 11.2. The molecule has 2 saturated heterocycles. The summed E-state index contributed by atoms with van der Waals surface area (Å²) in [7, 11) is 0. The molecule has 2 aliphatic heterocycles. The fourth-order valence-corrected chi connectivity index (χ4v) is 6.27. The summed E-state index contributed by atoms with van der Waals surface area (Å²) >= 11 is 11.5. The summed E-state index contributed by atoms with van der Waals surface area (Å²) in [5.41, 5.74) is 6.64. The third-order valence-electron chi connectivity index (χ3n) is 5.67. The van der Waals surface area contributed by atoms with Crippen molar-refractivity contribution in [2.45, 2.75) is 37.1 Å². The van der Waals surface area contributed by atoms with Crippen LogP contribution < -0.4 is 5.73 Å². The molecule has 4 N–H and O–H groups in total. The molecule has 3 unspecified atom stereocenters. The van der Waals surface area contributed by atoms with Gasteiger partial charge in [-0.1, -0.05) is 11.6 Å². The Morgan fingerprint density at radius 1 is 1.23 bits per heavy atom. The first-order valence-corrected chi connectivity index (χ1v) is 13.3. The molecule has 0 radical (unpaired) electrons. The van der Waals surface area contributed by atoms with Crippen LogP contribution in [-0.4, -0.2) is 61.3 Å². The lowest BCUT2D eigenvalue weighted by Crippen LogP contribution is -2.34. The minimum Gasteiger partial charge on any atom is -0.387 e. The molecule has 35 heavy (non-hydrogen) atoms. The molecule has 0 spiro atoms. The molecule has 0 bridgehead atoms. The van der Waals surface area contributed by atoms with E-state index in [9.17, 15) is 19.0 Å². The number of aromatic nitrogens is 4. The predicted octanol–water partition coefficient (Wildman–Crippen LogP) is 2.38. The number of nitrogens with zero attached hydrogens (tertiary/aromatic N) is 4. The van der Waals surface area contributed by atoms with E-state index in [4.69, 9.17) is 47.4 Å². The van der Waals surface area contributed by atoms with Gasteiger partial charge in [0.2, 0.25) is 0 Å². The lowest BCUT2D eigenvalue weighted by Gasteiger charge is -2.33. The number of imidazole rings is 1. The van der Waals surface area contributed by atoms with Gasteiger partial charge in [0.15, 0.2) is 29.3 Å². The number of nitrogens with two attached hydrogens (primary N) is 1. The van der Waals surface area contributed by atoms with E-state index >= 15 is 0 Å². The number of fused-ring (bicyclic) bond motifs is 1. The van der Waals surface area contributed by atoms with Gasteiger partial charge in [0, 0.05) is 17.0 Å². The van der Waals surface area contributed by atoms with E-state index in [1.807, 2.05) is 0 Å². The van der Waals surface area contributed by atoms with Crippen LogP contribution >= 0.6 is 18.3 Å². The largest absolute Gasteiger partial charge is 0.387 e. The van der Waals surface area contributed by atoms with Crippen molar-refractivity contribution in [2.75, 3.05) is 18.9 Å². The van der Waals surface area contributed by atoms with Gasteiger partial charge in [-0.2, -0.15) is 0 Å². The monoisotopic (exact) mass is 549 g/mol. The normalized spacial score (nSPS) is 31.3. The van der Waals surface area contributed by atoms with E-state index in [1.54, 1.807) is 0 Å². The Bertz CT molecular complexity index is 1320. The number of anilines is 1. The first kappa shape index (κ1) is 24.8. The third kappa shape index (κ3) is 4.66. The number of hydrogen-bond acceptors (Lipinski definition) is 11. The van der Waals surface area contributed by atoms with Crippen LogP contribution in [-0.2, 0) is 30.1 Å². The van der Waals surface area contributed by atoms with Crippen LogP contribution in [0.4, 0.5) is 14.6 Å². The predicted molar refractivity (Wildman–Crippen MR) is 122 cm³/mol. The molecule has 0 amide bonds. The van der Waals surface area contributed by atoms with Gasteiger partial charge in [0.25, 0.3) is 0 Å². The number of ether oxygens (including phenoxy) is 1. The minimum absolute atomic E-state index is 0.0186. The van der Waals surface area contributed by atoms with Crippen LogP contribution in [0, 0.1) is 11.6 Å². The SMILES string of the molecule is Nc1ncnc2c1ncn2[C@@H]1O[C@H](COP2(=S)OCCC(c3cc(F)c(F)cc3Cl)O2)C(O)[C@@H]1O. The van der Waals surface area contributed by atoms with Crippen LogP contribution in [0.3, 0.4) is 0 Å². The number of nitrogen functional groups attached to an aromatic ring is 1. The summed E-state index contributed by atoms with van der Waals surface area (Å²) in [6, 6.07) is 1.81. The first-order valence-electron chi connectivity index (χ1n) is 10.3. The van der Waals surface area contributed by atoms with Gasteiger partial charge >= 0.3 is 6.72 Å². The summed E-state index contributed by atoms with van der Waals surface area (Å²) in [6.07, 6.45) is -2.64. The van der Waals surface area contributed by atoms with E-state index < -0.39 is 49.0 Å². The molecule has 2 aromatic heterocycles. The molecular formula is C19H19ClF2N5O6PS. The van der Waals surface area contributed by atoms with Crippen molar-refractivity contribution in [1.29, 1.82) is 0 Å². The highest BCUT2D eigenvalue weighted by atomic mass is 35.5. The zero-order valence-corrected chi connectivity index (χ0v) is 20.2. The summed E-state index contributed by atoms with van der Waals surface area (Å²) in [5, 5.41) is 21.1. The number of benzene rings is 1. The van der Waals surface area contributed by atoms with Crippen molar-refractivity contribution in [1.82, 2.24) is 19.5 Å². The van der Waals surface area contributed by atoms with Crippen molar-refractivity contribution in [3.05, 3.63) is 47.0 Å². The Labute approximate surface area is 207 Å². The maximum absolute atomic E-state index is 13.8. The molecule has 3 aromatic rings. The fourth-order valence-electron chi connectivity index (χ4n) is 3.89. The van der Waals surface area contributed by atoms with Crippen LogP contribution in [0.5, 0.6) is 0 Å². The number of hydrogen-bond donors (Lipinski definition) is 3. The Kier molecular flexibility index (Phi) is 6.76. The maximum Gasteiger partial charge on any atom is 0.327 e. The molecule has 11 nitrogen and oxygen atoms in total. The van der Waals surface area contributed by atoms with Crippen molar-refractivity contribution in [2.24, 2.45) is 0 Å². The van der Waals surface area contributed by atoms with Crippen molar-refractivity contribution in [3.8, 4) is 0 Å². The fraction of sp³-hybridized carbons (Fsp3) is 0.421. The Morgan fingerprint density at radius 3 is 2.80 bits per heavy atom. The molecule has 5 rings (SSSR count). The highest BCUT2D eigenvalue weighted by molar-refractivity contribution is 8.07. The van der Waals surface area contributed by atoms with Gasteiger partial charge < -0.3 is 34.3 Å². The highest BCUT2D eigenvalue weighted by Gasteiger charge is 2.45. The lowest BCUT2D eigenvalue weighted by molar-refractivity contribution is -0.0533. The van der Waals surface area contributed by atoms with Crippen molar-refractivity contribution >= 4 is 47.1 Å². The molecular weight excluding hydrogens is 531 g/mol. The van der Waals surface area contributed by atoms with E-state index in [0.29, 0.717) is 11.2 Å². The highest BCUT2D eigenvalue weighted by Crippen LogP contribution is 2.58. The molecule has 188 valence electrons. The minimum atomic E-state index is -3.38. The zero-order chi connectivity index (χ0) is 24.9. The number of aliphatic hydroxyl groups is 2. The first-order chi connectivity index (χ1) is 16.7. The van der Waals surface area contributed by atoms with Crippen LogP contribution in [0.1, 0.15) is 24.3 Å². The standard InChI is InChI=1S/C19H19ClF2N5O6PS/c20-9-4-11(22)10(21)3-8(9)12-1-2-30-34(35,33-12)31-5-13-15(28)16(29)19(32-13)27-7-26-14-17(23)24-6-25-18(14)27/h3-4,6-7,12-13,15-16,19,28-29H,1-2,5H2,(H2,23,24,25)/t12?,13-,15?,16+,19-,34?/m1/s1. The summed E-state index contributed by atoms with van der Waals surface area (Å²) in [6.45, 7) is -3.54. The summed E-state index contributed by atoms with van der Waals surface area (Å²) in [5.74, 6) is -2.00. The lowest BCUT2D eigenvalue weighted by atomic mass is 10.1. The maximum atomic E-state index is 13.8. The Morgan fingerprint density at radius 2 is 2.00 bits per heavy atom. The zero-order valence-electron chi connectivity index (χ0n) is 17.7. The number of rotatable bonds is 5. The smallest absolute Gasteiger partial charge is 0.327 e. The molecule has 4 heterocycles. The average Bonchev–Trinajstić information content (AvgIpc) is 3.37. The quantitative estimate of drug-likeness (QED) is 0.318. The van der Waals surface area contributed by atoms with Crippen LogP contribution in [0.2, 0.25) is 5.02 Å². The topological polar surface area (TPSA) is 147 Å². The molecule has 6 atom stereocenters. The van der Waals surface area contributed by atoms with Crippen LogP contribution in [0.15, 0.2) is 24.8 Å². The molecule has 2 aliphatic rings. The van der Waals surface area contributed by atoms with Gasteiger partial charge in [-0.15, -0.1) is 0 Å². The van der Waals surface area contributed by atoms with E-state index in [2.05, 4.69) is 15.0 Å². The van der Waals surface area contributed by atoms with Gasteiger partial charge in [-0.3, -0.25) is 4.57 Å². The summed E-state index contributed by atoms with van der Waals surface area (Å²) < 4.78 is 51.4. The molecule has 16 heteroatoms. The van der Waals surface area contributed by atoms with E-state index in [-0.39, 0.29) is 36.0 Å². The number of halogens is 3. The third-order valence-corrected chi connectivity index (χ3v) is 8.36. The Balaban J connectivity index is 1.29. The van der Waals surface area contributed by atoms with Gasteiger partial charge in [0.1, 0.15) is 30.2 Å². The molecule has 2 fully saturated rings. The molecule has 0 saturated carbocycles. The average molecular weight is 550 g/mol. The molecule has 0 aliphatic carbocycles. The van der Waals surface area contributed by atoms with Crippen LogP contribution in [0.25, 0.3) is 11.2 Å². The van der Waals surface area contributed by atoms with Crippen molar-refractivity contribution in [3.63, 3.8) is 0 Å². The van der Waals surface area contributed by atoms with E-state index in [1.165, 1.54) is 17.2 Å². The molecule has 1 aromatic carbocycles. The second kappa shape index (κ2) is 9.54.